The lowest BCUT2D eigenvalue weighted by Crippen LogP contribution is -2.30. The third-order valence-corrected chi connectivity index (χ3v) is 3.85. The Morgan fingerprint density at radius 1 is 1.30 bits per heavy atom. The molecule has 0 saturated carbocycles. The molecule has 1 amide bonds. The van der Waals surface area contributed by atoms with Gasteiger partial charge < -0.3 is 15.8 Å². The number of ether oxygens (including phenoxy) is 1. The quantitative estimate of drug-likeness (QED) is 0.835. The standard InChI is InChI=1S/C16H24N2O2/c17-15(14-4-2-1-3-5-14)12-16(19)18-9-6-13-7-10-20-11-8-13/h1-5,13,15H,6-12,17H2,(H,18,19). The van der Waals surface area contributed by atoms with Gasteiger partial charge in [0, 0.05) is 32.2 Å². The van der Waals surface area contributed by atoms with Gasteiger partial charge in [-0.25, -0.2) is 0 Å². The highest BCUT2D eigenvalue weighted by Crippen LogP contribution is 2.17. The first-order valence-corrected chi connectivity index (χ1v) is 7.40. The lowest BCUT2D eigenvalue weighted by atomic mass is 9.96. The minimum atomic E-state index is -0.223. The second-order valence-electron chi connectivity index (χ2n) is 5.42. The van der Waals surface area contributed by atoms with Gasteiger partial charge in [-0.3, -0.25) is 4.79 Å². The average Bonchev–Trinajstić information content (AvgIpc) is 2.49. The van der Waals surface area contributed by atoms with E-state index in [4.69, 9.17) is 10.5 Å². The molecule has 1 saturated heterocycles. The number of nitrogens with one attached hydrogen (secondary N) is 1. The van der Waals surface area contributed by atoms with E-state index in [1.165, 1.54) is 0 Å². The fourth-order valence-electron chi connectivity index (χ4n) is 2.54. The molecule has 1 unspecified atom stereocenters. The van der Waals surface area contributed by atoms with Crippen molar-refractivity contribution in [2.24, 2.45) is 11.7 Å². The Labute approximate surface area is 120 Å². The minimum absolute atomic E-state index is 0.0356. The van der Waals surface area contributed by atoms with Crippen molar-refractivity contribution in [3.8, 4) is 0 Å². The van der Waals surface area contributed by atoms with Crippen molar-refractivity contribution in [1.82, 2.24) is 5.32 Å². The Balaban J connectivity index is 1.65. The fourth-order valence-corrected chi connectivity index (χ4v) is 2.54. The lowest BCUT2D eigenvalue weighted by Gasteiger charge is -2.22. The van der Waals surface area contributed by atoms with E-state index in [0.717, 1.165) is 44.6 Å². The molecule has 1 aliphatic rings. The third-order valence-electron chi connectivity index (χ3n) is 3.85. The fraction of sp³-hybridized carbons (Fsp3) is 0.562. The van der Waals surface area contributed by atoms with Gasteiger partial charge in [0.15, 0.2) is 0 Å². The predicted molar refractivity (Wildman–Crippen MR) is 79.2 cm³/mol. The van der Waals surface area contributed by atoms with Crippen molar-refractivity contribution < 1.29 is 9.53 Å². The van der Waals surface area contributed by atoms with Crippen LogP contribution in [-0.4, -0.2) is 25.7 Å². The van der Waals surface area contributed by atoms with Gasteiger partial charge in [0.2, 0.25) is 5.91 Å². The summed E-state index contributed by atoms with van der Waals surface area (Å²) in [5.41, 5.74) is 7.04. The van der Waals surface area contributed by atoms with Crippen LogP contribution in [0.25, 0.3) is 0 Å². The minimum Gasteiger partial charge on any atom is -0.381 e. The summed E-state index contributed by atoms with van der Waals surface area (Å²) < 4.78 is 5.32. The van der Waals surface area contributed by atoms with Crippen LogP contribution in [-0.2, 0) is 9.53 Å². The zero-order valence-corrected chi connectivity index (χ0v) is 11.9. The summed E-state index contributed by atoms with van der Waals surface area (Å²) in [4.78, 5) is 11.9. The van der Waals surface area contributed by atoms with E-state index in [1.807, 2.05) is 30.3 Å². The van der Waals surface area contributed by atoms with Crippen LogP contribution in [0.15, 0.2) is 30.3 Å². The monoisotopic (exact) mass is 276 g/mol. The van der Waals surface area contributed by atoms with Crippen LogP contribution in [0, 0.1) is 5.92 Å². The molecule has 0 bridgehead atoms. The largest absolute Gasteiger partial charge is 0.381 e. The zero-order chi connectivity index (χ0) is 14.2. The van der Waals surface area contributed by atoms with Crippen LogP contribution in [0.5, 0.6) is 0 Å². The zero-order valence-electron chi connectivity index (χ0n) is 11.9. The van der Waals surface area contributed by atoms with Crippen LogP contribution in [0.3, 0.4) is 0 Å². The van der Waals surface area contributed by atoms with Crippen molar-refractivity contribution in [2.45, 2.75) is 31.7 Å². The first kappa shape index (κ1) is 15.0. The second-order valence-corrected chi connectivity index (χ2v) is 5.42. The van der Waals surface area contributed by atoms with Gasteiger partial charge in [-0.05, 0) is 30.7 Å². The number of hydrogen-bond donors (Lipinski definition) is 2. The van der Waals surface area contributed by atoms with Gasteiger partial charge in [-0.2, -0.15) is 0 Å². The molecule has 2 rings (SSSR count). The Hall–Kier alpha value is -1.39. The molecule has 3 N–H and O–H groups in total. The van der Waals surface area contributed by atoms with Crippen molar-refractivity contribution in [2.75, 3.05) is 19.8 Å². The van der Waals surface area contributed by atoms with Gasteiger partial charge >= 0.3 is 0 Å². The van der Waals surface area contributed by atoms with Gasteiger partial charge in [0.1, 0.15) is 0 Å². The highest BCUT2D eigenvalue weighted by molar-refractivity contribution is 5.76. The molecule has 110 valence electrons. The van der Waals surface area contributed by atoms with Gasteiger partial charge in [0.05, 0.1) is 0 Å². The molecular weight excluding hydrogens is 252 g/mol. The molecule has 1 aromatic rings. The van der Waals surface area contributed by atoms with E-state index in [9.17, 15) is 4.79 Å². The summed E-state index contributed by atoms with van der Waals surface area (Å²) in [6.45, 7) is 2.46. The molecule has 1 atom stereocenters. The summed E-state index contributed by atoms with van der Waals surface area (Å²) >= 11 is 0. The van der Waals surface area contributed by atoms with E-state index < -0.39 is 0 Å². The maximum Gasteiger partial charge on any atom is 0.221 e. The van der Waals surface area contributed by atoms with E-state index in [-0.39, 0.29) is 11.9 Å². The third kappa shape index (κ3) is 4.94. The number of amides is 1. The molecule has 4 nitrogen and oxygen atoms in total. The topological polar surface area (TPSA) is 64.4 Å². The number of rotatable bonds is 6. The molecule has 0 aliphatic carbocycles. The highest BCUT2D eigenvalue weighted by atomic mass is 16.5. The maximum atomic E-state index is 11.9. The van der Waals surface area contributed by atoms with E-state index in [1.54, 1.807) is 0 Å². The SMILES string of the molecule is NC(CC(=O)NCCC1CCOCC1)c1ccccc1. The molecule has 1 aromatic carbocycles. The molecular formula is C16H24N2O2. The molecule has 0 radical (unpaired) electrons. The van der Waals surface area contributed by atoms with Crippen LogP contribution in [0.4, 0.5) is 0 Å². The molecule has 4 heteroatoms. The smallest absolute Gasteiger partial charge is 0.221 e. The molecule has 20 heavy (non-hydrogen) atoms. The van der Waals surface area contributed by atoms with Crippen molar-refractivity contribution in [3.63, 3.8) is 0 Å². The van der Waals surface area contributed by atoms with Crippen LogP contribution in [0.1, 0.15) is 37.3 Å². The Morgan fingerprint density at radius 2 is 2.00 bits per heavy atom. The summed E-state index contributed by atoms with van der Waals surface area (Å²) in [5, 5.41) is 2.97. The van der Waals surface area contributed by atoms with E-state index >= 15 is 0 Å². The number of carbonyl (C=O) groups excluding carboxylic acids is 1. The van der Waals surface area contributed by atoms with Gasteiger partial charge in [-0.1, -0.05) is 30.3 Å². The number of nitrogens with two attached hydrogens (primary N) is 1. The van der Waals surface area contributed by atoms with Crippen molar-refractivity contribution >= 4 is 5.91 Å². The van der Waals surface area contributed by atoms with Crippen LogP contribution < -0.4 is 11.1 Å². The lowest BCUT2D eigenvalue weighted by molar-refractivity contribution is -0.121. The molecule has 1 aliphatic heterocycles. The predicted octanol–water partition coefficient (Wildman–Crippen LogP) is 2.01. The molecule has 1 fully saturated rings. The first-order chi connectivity index (χ1) is 9.75. The highest BCUT2D eigenvalue weighted by Gasteiger charge is 2.15. The maximum absolute atomic E-state index is 11.9. The van der Waals surface area contributed by atoms with Crippen LogP contribution in [0.2, 0.25) is 0 Å². The molecule has 0 aromatic heterocycles. The first-order valence-electron chi connectivity index (χ1n) is 7.40. The number of benzene rings is 1. The van der Waals surface area contributed by atoms with Crippen LogP contribution >= 0.6 is 0 Å². The summed E-state index contributed by atoms with van der Waals surface area (Å²) in [6.07, 6.45) is 3.60. The normalized spacial score (nSPS) is 17.6. The Bertz CT molecular complexity index is 402. The summed E-state index contributed by atoms with van der Waals surface area (Å²) in [5.74, 6) is 0.722. The van der Waals surface area contributed by atoms with Gasteiger partial charge in [0.25, 0.3) is 0 Å². The second kappa shape index (κ2) is 8.02. The van der Waals surface area contributed by atoms with Gasteiger partial charge in [-0.15, -0.1) is 0 Å². The number of carbonyl (C=O) groups is 1. The average molecular weight is 276 g/mol. The molecule has 0 spiro atoms. The van der Waals surface area contributed by atoms with Crippen molar-refractivity contribution in [3.05, 3.63) is 35.9 Å². The van der Waals surface area contributed by atoms with Crippen molar-refractivity contribution in [1.29, 1.82) is 0 Å². The Kier molecular flexibility index (Phi) is 6.02. The van der Waals surface area contributed by atoms with E-state index in [0.29, 0.717) is 12.3 Å². The summed E-state index contributed by atoms with van der Waals surface area (Å²) in [7, 11) is 0. The Morgan fingerprint density at radius 3 is 2.70 bits per heavy atom. The number of hydrogen-bond acceptors (Lipinski definition) is 3. The van der Waals surface area contributed by atoms with E-state index in [2.05, 4.69) is 5.32 Å². The summed E-state index contributed by atoms with van der Waals surface area (Å²) in [6, 6.07) is 9.53. The molecule has 1 heterocycles.